The van der Waals surface area contributed by atoms with Gasteiger partial charge in [0.1, 0.15) is 6.04 Å². The molecular formula is C17H32N2O2. The van der Waals surface area contributed by atoms with Crippen LogP contribution in [0.25, 0.3) is 0 Å². The van der Waals surface area contributed by atoms with Gasteiger partial charge in [0.15, 0.2) is 0 Å². The Morgan fingerprint density at radius 1 is 1.05 bits per heavy atom. The first-order valence-corrected chi connectivity index (χ1v) is 8.77. The second-order valence-electron chi connectivity index (χ2n) is 6.11. The molecule has 21 heavy (non-hydrogen) atoms. The summed E-state index contributed by atoms with van der Waals surface area (Å²) in [6.45, 7) is 6.08. The summed E-state index contributed by atoms with van der Waals surface area (Å²) in [6, 6.07) is -0.269. The highest BCUT2D eigenvalue weighted by Gasteiger charge is 2.30. The van der Waals surface area contributed by atoms with Crippen LogP contribution >= 0.6 is 0 Å². The van der Waals surface area contributed by atoms with Gasteiger partial charge in [0, 0.05) is 19.5 Å². The first kappa shape index (κ1) is 18.0. The van der Waals surface area contributed by atoms with Gasteiger partial charge < -0.3 is 10.2 Å². The highest BCUT2D eigenvalue weighted by Crippen LogP contribution is 2.12. The molecule has 1 rings (SSSR count). The van der Waals surface area contributed by atoms with Gasteiger partial charge in [-0.1, -0.05) is 52.4 Å². The minimum Gasteiger partial charge on any atom is -0.344 e. The fraction of sp³-hybridized carbons (Fsp3) is 0.882. The molecule has 0 saturated carbocycles. The van der Waals surface area contributed by atoms with Crippen molar-refractivity contribution in [2.45, 2.75) is 84.1 Å². The van der Waals surface area contributed by atoms with Crippen molar-refractivity contribution >= 4 is 11.8 Å². The van der Waals surface area contributed by atoms with Crippen molar-refractivity contribution in [2.24, 2.45) is 0 Å². The Hall–Kier alpha value is -1.06. The summed E-state index contributed by atoms with van der Waals surface area (Å²) in [6.07, 6.45) is 10.6. The molecule has 0 aromatic heterocycles. The van der Waals surface area contributed by atoms with Crippen molar-refractivity contribution in [2.75, 3.05) is 13.1 Å². The standard InChI is InChI=1S/C17H32N2O2/c1-3-5-7-9-13-19(14-10-8-6-4-2)17(21)15-11-12-16(20)18-15/h15H,3-14H2,1-2H3,(H,18,20)/t15-/m0/s1. The first-order valence-electron chi connectivity index (χ1n) is 8.77. The molecular weight excluding hydrogens is 264 g/mol. The van der Waals surface area contributed by atoms with Crippen molar-refractivity contribution < 1.29 is 9.59 Å². The third-order valence-electron chi connectivity index (χ3n) is 4.17. The molecule has 1 atom stereocenters. The lowest BCUT2D eigenvalue weighted by Crippen LogP contribution is -2.45. The van der Waals surface area contributed by atoms with E-state index in [4.69, 9.17) is 0 Å². The molecule has 1 saturated heterocycles. The van der Waals surface area contributed by atoms with Crippen LogP contribution in [-0.4, -0.2) is 35.8 Å². The smallest absolute Gasteiger partial charge is 0.245 e. The van der Waals surface area contributed by atoms with Gasteiger partial charge >= 0.3 is 0 Å². The number of nitrogens with one attached hydrogen (secondary N) is 1. The Balaban J connectivity index is 2.40. The van der Waals surface area contributed by atoms with Gasteiger partial charge in [0.25, 0.3) is 0 Å². The van der Waals surface area contributed by atoms with E-state index in [0.717, 1.165) is 25.9 Å². The predicted octanol–water partition coefficient (Wildman–Crippen LogP) is 3.25. The van der Waals surface area contributed by atoms with E-state index in [2.05, 4.69) is 19.2 Å². The molecule has 0 aromatic rings. The molecule has 1 fully saturated rings. The van der Waals surface area contributed by atoms with Gasteiger partial charge in [-0.3, -0.25) is 9.59 Å². The summed E-state index contributed by atoms with van der Waals surface area (Å²) in [5.41, 5.74) is 0. The normalized spacial score (nSPS) is 17.8. The summed E-state index contributed by atoms with van der Waals surface area (Å²) in [4.78, 5) is 25.8. The monoisotopic (exact) mass is 296 g/mol. The minimum absolute atomic E-state index is 0.0188. The highest BCUT2D eigenvalue weighted by molar-refractivity contribution is 5.90. The zero-order valence-electron chi connectivity index (χ0n) is 13.8. The molecule has 0 aromatic carbocycles. The van der Waals surface area contributed by atoms with Crippen molar-refractivity contribution in [3.8, 4) is 0 Å². The van der Waals surface area contributed by atoms with Crippen LogP contribution in [0.2, 0.25) is 0 Å². The van der Waals surface area contributed by atoms with Crippen LogP contribution < -0.4 is 5.32 Å². The van der Waals surface area contributed by atoms with Crippen molar-refractivity contribution in [1.82, 2.24) is 10.2 Å². The van der Waals surface area contributed by atoms with Crippen LogP contribution in [0.1, 0.15) is 78.1 Å². The molecule has 2 amide bonds. The molecule has 1 N–H and O–H groups in total. The third kappa shape index (κ3) is 6.96. The summed E-state index contributed by atoms with van der Waals surface area (Å²) in [5, 5.41) is 2.81. The molecule has 1 aliphatic rings. The zero-order chi connectivity index (χ0) is 15.5. The maximum Gasteiger partial charge on any atom is 0.245 e. The highest BCUT2D eigenvalue weighted by atomic mass is 16.2. The van der Waals surface area contributed by atoms with E-state index >= 15 is 0 Å². The van der Waals surface area contributed by atoms with Crippen LogP contribution in [0, 0.1) is 0 Å². The fourth-order valence-electron chi connectivity index (χ4n) is 2.81. The van der Waals surface area contributed by atoms with E-state index in [0.29, 0.717) is 12.8 Å². The molecule has 0 bridgehead atoms. The molecule has 0 aliphatic carbocycles. The number of carbonyl (C=O) groups excluding carboxylic acids is 2. The Kier molecular flexibility index (Phi) is 9.11. The van der Waals surface area contributed by atoms with Gasteiger partial charge in [0.05, 0.1) is 0 Å². The second-order valence-corrected chi connectivity index (χ2v) is 6.11. The molecule has 4 nitrogen and oxygen atoms in total. The van der Waals surface area contributed by atoms with Gasteiger partial charge in [-0.05, 0) is 19.3 Å². The van der Waals surface area contributed by atoms with Crippen LogP contribution in [-0.2, 0) is 9.59 Å². The molecule has 1 heterocycles. The first-order chi connectivity index (χ1) is 10.2. The topological polar surface area (TPSA) is 49.4 Å². The van der Waals surface area contributed by atoms with Crippen LogP contribution in [0.3, 0.4) is 0 Å². The van der Waals surface area contributed by atoms with E-state index in [1.165, 1.54) is 38.5 Å². The number of hydrogen-bond donors (Lipinski definition) is 1. The Morgan fingerprint density at radius 2 is 1.62 bits per heavy atom. The number of carbonyl (C=O) groups is 2. The van der Waals surface area contributed by atoms with Gasteiger partial charge in [-0.15, -0.1) is 0 Å². The number of amides is 2. The lowest BCUT2D eigenvalue weighted by molar-refractivity contribution is -0.134. The molecule has 1 aliphatic heterocycles. The average molecular weight is 296 g/mol. The number of unbranched alkanes of at least 4 members (excludes halogenated alkanes) is 6. The summed E-state index contributed by atoms with van der Waals surface area (Å²) >= 11 is 0. The number of nitrogens with zero attached hydrogens (tertiary/aromatic N) is 1. The largest absolute Gasteiger partial charge is 0.344 e. The lowest BCUT2D eigenvalue weighted by atomic mass is 10.1. The van der Waals surface area contributed by atoms with Crippen molar-refractivity contribution in [3.05, 3.63) is 0 Å². The summed E-state index contributed by atoms with van der Waals surface area (Å²) in [5.74, 6) is 0.152. The van der Waals surface area contributed by atoms with Crippen LogP contribution in [0.5, 0.6) is 0 Å². The Labute approximate surface area is 129 Å². The van der Waals surface area contributed by atoms with Gasteiger partial charge in [0.2, 0.25) is 11.8 Å². The van der Waals surface area contributed by atoms with E-state index in [9.17, 15) is 9.59 Å². The number of rotatable bonds is 11. The van der Waals surface area contributed by atoms with Gasteiger partial charge in [-0.2, -0.15) is 0 Å². The average Bonchev–Trinajstić information content (AvgIpc) is 2.91. The second kappa shape index (κ2) is 10.6. The van der Waals surface area contributed by atoms with E-state index < -0.39 is 0 Å². The molecule has 0 unspecified atom stereocenters. The van der Waals surface area contributed by atoms with Crippen LogP contribution in [0.4, 0.5) is 0 Å². The fourth-order valence-corrected chi connectivity index (χ4v) is 2.81. The Morgan fingerprint density at radius 3 is 2.05 bits per heavy atom. The Bertz CT molecular complexity index is 306. The van der Waals surface area contributed by atoms with E-state index in [1.54, 1.807) is 0 Å². The summed E-state index contributed by atoms with van der Waals surface area (Å²) in [7, 11) is 0. The number of hydrogen-bond acceptors (Lipinski definition) is 2. The lowest BCUT2D eigenvalue weighted by Gasteiger charge is -2.25. The van der Waals surface area contributed by atoms with E-state index in [-0.39, 0.29) is 17.9 Å². The maximum absolute atomic E-state index is 12.5. The summed E-state index contributed by atoms with van der Waals surface area (Å²) < 4.78 is 0. The van der Waals surface area contributed by atoms with Crippen molar-refractivity contribution in [3.63, 3.8) is 0 Å². The molecule has 122 valence electrons. The maximum atomic E-state index is 12.5. The molecule has 4 heteroatoms. The predicted molar refractivity (Wildman–Crippen MR) is 86.0 cm³/mol. The SMILES string of the molecule is CCCCCCN(CCCCCC)C(=O)[C@@H]1CCC(=O)N1. The molecule has 0 radical (unpaired) electrons. The quantitative estimate of drug-likeness (QED) is 0.595. The third-order valence-corrected chi connectivity index (χ3v) is 4.17. The van der Waals surface area contributed by atoms with Gasteiger partial charge in [-0.25, -0.2) is 0 Å². The molecule has 0 spiro atoms. The minimum atomic E-state index is -0.269. The van der Waals surface area contributed by atoms with Crippen molar-refractivity contribution in [1.29, 1.82) is 0 Å². The zero-order valence-corrected chi connectivity index (χ0v) is 13.8. The van der Waals surface area contributed by atoms with E-state index in [1.807, 2.05) is 4.90 Å². The van der Waals surface area contributed by atoms with Crippen LogP contribution in [0.15, 0.2) is 0 Å².